The lowest BCUT2D eigenvalue weighted by Gasteiger charge is -2.42. The molecule has 0 radical (unpaired) electrons. The number of nitrogens with two attached hydrogens (primary N) is 1. The van der Waals surface area contributed by atoms with Crippen molar-refractivity contribution in [3.63, 3.8) is 0 Å². The summed E-state index contributed by atoms with van der Waals surface area (Å²) in [7, 11) is 1.28. The number of esters is 1. The molecule has 9 heteroatoms. The minimum atomic E-state index is -1.04. The highest BCUT2D eigenvalue weighted by Crippen LogP contribution is 2.32. The summed E-state index contributed by atoms with van der Waals surface area (Å²) >= 11 is 0. The zero-order chi connectivity index (χ0) is 30.8. The van der Waals surface area contributed by atoms with Gasteiger partial charge in [0.1, 0.15) is 6.04 Å². The Labute approximate surface area is 245 Å². The normalized spacial score (nSPS) is 16.3. The molecular formula is C33H37F2N3O4. The summed E-state index contributed by atoms with van der Waals surface area (Å²) < 4.78 is 34.1. The Morgan fingerprint density at radius 1 is 1.00 bits per heavy atom. The van der Waals surface area contributed by atoms with Crippen LogP contribution in [-0.2, 0) is 33.8 Å². The van der Waals surface area contributed by atoms with Gasteiger partial charge in [-0.15, -0.1) is 0 Å². The van der Waals surface area contributed by atoms with Gasteiger partial charge in [-0.3, -0.25) is 9.59 Å². The summed E-state index contributed by atoms with van der Waals surface area (Å²) in [5, 5.41) is 0. The van der Waals surface area contributed by atoms with Gasteiger partial charge >= 0.3 is 5.97 Å². The van der Waals surface area contributed by atoms with E-state index in [2.05, 4.69) is 0 Å². The minimum absolute atomic E-state index is 0.00927. The average molecular weight is 578 g/mol. The first-order valence-corrected chi connectivity index (χ1v) is 13.9. The van der Waals surface area contributed by atoms with E-state index in [0.717, 1.165) is 17.2 Å². The van der Waals surface area contributed by atoms with Crippen molar-refractivity contribution in [3.8, 4) is 0 Å². The molecule has 1 heterocycles. The zero-order valence-electron chi connectivity index (χ0n) is 24.6. The quantitative estimate of drug-likeness (QED) is 0.392. The number of hydrogen-bond acceptors (Lipinski definition) is 5. The maximum Gasteiger partial charge on any atom is 0.337 e. The lowest BCUT2D eigenvalue weighted by molar-refractivity contribution is -0.151. The van der Waals surface area contributed by atoms with Crippen molar-refractivity contribution in [3.05, 3.63) is 106 Å². The van der Waals surface area contributed by atoms with Crippen LogP contribution in [0.4, 0.5) is 8.78 Å². The summed E-state index contributed by atoms with van der Waals surface area (Å²) in [5.74, 6) is -3.35. The average Bonchev–Trinajstić information content (AvgIpc) is 2.98. The lowest BCUT2D eigenvalue weighted by atomic mass is 9.84. The first-order chi connectivity index (χ1) is 19.8. The maximum atomic E-state index is 15.0. The number of ether oxygens (including phenoxy) is 1. The number of nitrogens with zero attached hydrogens (tertiary/aromatic N) is 2. The van der Waals surface area contributed by atoms with E-state index in [9.17, 15) is 18.8 Å². The molecule has 3 aromatic rings. The van der Waals surface area contributed by atoms with Crippen molar-refractivity contribution >= 4 is 17.8 Å². The van der Waals surface area contributed by atoms with E-state index in [-0.39, 0.29) is 31.0 Å². The highest BCUT2D eigenvalue weighted by atomic mass is 19.2. The zero-order valence-corrected chi connectivity index (χ0v) is 24.6. The van der Waals surface area contributed by atoms with Crippen LogP contribution in [0, 0.1) is 17.0 Å². The fourth-order valence-corrected chi connectivity index (χ4v) is 5.19. The fraction of sp³-hybridized carbons (Fsp3) is 0.364. The standard InChI is InChI=1S/C33H37F2N3O4/c1-20(25-11-8-12-26(34)28(25)35)37(18-21-13-15-22(16-14-21)32(41)42-5)30(39)27-17-23-9-6-7-10-24(23)19-38(27)31(40)29(36)33(2,3)4/h6-16,20,27,29H,17-19,36H2,1-5H3/t20-,27+,29?/m1/s1. The second-order valence-electron chi connectivity index (χ2n) is 11.8. The van der Waals surface area contributed by atoms with E-state index in [1.54, 1.807) is 31.2 Å². The molecule has 7 nitrogen and oxygen atoms in total. The predicted octanol–water partition coefficient (Wildman–Crippen LogP) is 5.17. The van der Waals surface area contributed by atoms with Crippen LogP contribution in [0.3, 0.4) is 0 Å². The van der Waals surface area contributed by atoms with E-state index in [4.69, 9.17) is 10.5 Å². The number of fused-ring (bicyclic) bond motifs is 1. The van der Waals surface area contributed by atoms with E-state index < -0.39 is 47.1 Å². The number of carbonyl (C=O) groups excluding carboxylic acids is 3. The summed E-state index contributed by atoms with van der Waals surface area (Å²) in [6.07, 6.45) is 0.244. The van der Waals surface area contributed by atoms with Gasteiger partial charge in [-0.1, -0.05) is 69.3 Å². The molecule has 1 unspecified atom stereocenters. The van der Waals surface area contributed by atoms with Gasteiger partial charge in [0, 0.05) is 25.1 Å². The third-order valence-electron chi connectivity index (χ3n) is 7.93. The molecule has 0 fully saturated rings. The molecule has 0 aliphatic carbocycles. The molecule has 3 atom stereocenters. The van der Waals surface area contributed by atoms with Crippen molar-refractivity contribution in [2.45, 2.75) is 65.3 Å². The predicted molar refractivity (Wildman–Crippen MR) is 155 cm³/mol. The van der Waals surface area contributed by atoms with Crippen molar-refractivity contribution in [2.75, 3.05) is 7.11 Å². The SMILES string of the molecule is COC(=O)c1ccc(CN(C(=O)[C@@H]2Cc3ccccc3CN2C(=O)C(N)C(C)(C)C)[C@H](C)c2cccc(F)c2F)cc1. The van der Waals surface area contributed by atoms with Crippen LogP contribution in [0.15, 0.2) is 66.7 Å². The molecule has 222 valence electrons. The smallest absolute Gasteiger partial charge is 0.337 e. The number of rotatable bonds is 7. The first-order valence-electron chi connectivity index (χ1n) is 13.9. The molecular weight excluding hydrogens is 540 g/mol. The third kappa shape index (κ3) is 6.36. The Morgan fingerprint density at radius 3 is 2.26 bits per heavy atom. The Morgan fingerprint density at radius 2 is 1.64 bits per heavy atom. The van der Waals surface area contributed by atoms with Crippen LogP contribution in [0.5, 0.6) is 0 Å². The third-order valence-corrected chi connectivity index (χ3v) is 7.93. The van der Waals surface area contributed by atoms with E-state index in [1.165, 1.54) is 29.0 Å². The highest BCUT2D eigenvalue weighted by Gasteiger charge is 2.42. The van der Waals surface area contributed by atoms with Crippen LogP contribution in [0.1, 0.15) is 66.3 Å². The van der Waals surface area contributed by atoms with Crippen LogP contribution in [0.2, 0.25) is 0 Å². The number of halogens is 2. The van der Waals surface area contributed by atoms with Crippen molar-refractivity contribution in [1.29, 1.82) is 0 Å². The van der Waals surface area contributed by atoms with E-state index in [1.807, 2.05) is 45.0 Å². The maximum absolute atomic E-state index is 15.0. The van der Waals surface area contributed by atoms with Crippen molar-refractivity contribution < 1.29 is 27.9 Å². The summed E-state index contributed by atoms with van der Waals surface area (Å²) in [6.45, 7) is 7.43. The Balaban J connectivity index is 1.77. The molecule has 42 heavy (non-hydrogen) atoms. The topological polar surface area (TPSA) is 92.9 Å². The van der Waals surface area contributed by atoms with Gasteiger partial charge in [0.25, 0.3) is 0 Å². The second kappa shape index (κ2) is 12.4. The molecule has 3 aromatic carbocycles. The molecule has 0 saturated carbocycles. The first kappa shape index (κ1) is 30.8. The molecule has 2 N–H and O–H groups in total. The molecule has 2 amide bonds. The lowest BCUT2D eigenvalue weighted by Crippen LogP contribution is -2.59. The largest absolute Gasteiger partial charge is 0.465 e. The molecule has 0 saturated heterocycles. The van der Waals surface area contributed by atoms with Gasteiger partial charge in [0.15, 0.2) is 11.6 Å². The number of methoxy groups -OCH3 is 1. The number of hydrogen-bond donors (Lipinski definition) is 1. The Kier molecular flexibility index (Phi) is 9.11. The Hall–Kier alpha value is -4.11. The fourth-order valence-electron chi connectivity index (χ4n) is 5.19. The molecule has 0 aromatic heterocycles. The van der Waals surface area contributed by atoms with Crippen LogP contribution < -0.4 is 5.73 Å². The van der Waals surface area contributed by atoms with E-state index in [0.29, 0.717) is 11.1 Å². The summed E-state index contributed by atoms with van der Waals surface area (Å²) in [6, 6.07) is 15.3. The van der Waals surface area contributed by atoms with Gasteiger partial charge in [-0.05, 0) is 47.2 Å². The van der Waals surface area contributed by atoms with Crippen LogP contribution >= 0.6 is 0 Å². The Bertz CT molecular complexity index is 1470. The molecule has 4 rings (SSSR count). The number of benzene rings is 3. The number of carbonyl (C=O) groups is 3. The van der Waals surface area contributed by atoms with Gasteiger partial charge in [-0.25, -0.2) is 13.6 Å². The molecule has 1 aliphatic heterocycles. The van der Waals surface area contributed by atoms with Crippen molar-refractivity contribution in [2.24, 2.45) is 11.1 Å². The van der Waals surface area contributed by atoms with Gasteiger partial charge in [0.05, 0.1) is 24.8 Å². The highest BCUT2D eigenvalue weighted by molar-refractivity contribution is 5.91. The summed E-state index contributed by atoms with van der Waals surface area (Å²) in [5.41, 5.74) is 8.69. The van der Waals surface area contributed by atoms with Crippen molar-refractivity contribution in [1.82, 2.24) is 9.80 Å². The molecule has 1 aliphatic rings. The molecule has 0 spiro atoms. The van der Waals surface area contributed by atoms with Gasteiger partial charge in [-0.2, -0.15) is 0 Å². The van der Waals surface area contributed by atoms with Crippen LogP contribution in [-0.4, -0.2) is 46.8 Å². The van der Waals surface area contributed by atoms with Gasteiger partial charge < -0.3 is 20.3 Å². The van der Waals surface area contributed by atoms with E-state index >= 15 is 4.39 Å². The second-order valence-corrected chi connectivity index (χ2v) is 11.8. The summed E-state index contributed by atoms with van der Waals surface area (Å²) in [4.78, 5) is 43.2. The van der Waals surface area contributed by atoms with Gasteiger partial charge in [0.2, 0.25) is 11.8 Å². The molecule has 0 bridgehead atoms. The monoisotopic (exact) mass is 577 g/mol. The number of amides is 2. The minimum Gasteiger partial charge on any atom is -0.465 e. The van der Waals surface area contributed by atoms with Crippen LogP contribution in [0.25, 0.3) is 0 Å².